The summed E-state index contributed by atoms with van der Waals surface area (Å²) in [7, 11) is 0. The number of hydrogen-bond acceptors (Lipinski definition) is 2. The Bertz CT molecular complexity index is 401. The van der Waals surface area contributed by atoms with Crippen molar-refractivity contribution in [3.8, 4) is 0 Å². The first-order valence-corrected chi connectivity index (χ1v) is 8.77. The largest absolute Gasteiger partial charge is 0.340 e. The van der Waals surface area contributed by atoms with Gasteiger partial charge in [0.2, 0.25) is 5.91 Å². The summed E-state index contributed by atoms with van der Waals surface area (Å²) in [6.45, 7) is 2.98. The molecule has 1 aliphatic rings. The molecule has 0 heterocycles. The van der Waals surface area contributed by atoms with Gasteiger partial charge in [0.25, 0.3) is 0 Å². The Labute approximate surface area is 126 Å². The normalized spacial score (nSPS) is 15.4. The van der Waals surface area contributed by atoms with Gasteiger partial charge in [-0.2, -0.15) is 0 Å². The van der Waals surface area contributed by atoms with Gasteiger partial charge in [0.1, 0.15) is 0 Å². The minimum Gasteiger partial charge on any atom is -0.340 e. The summed E-state index contributed by atoms with van der Waals surface area (Å²) in [4.78, 5) is 15.7. The average Bonchev–Trinajstić information content (AvgIpc) is 2.99. The maximum absolute atomic E-state index is 12.3. The standard InChI is InChI=1S/C17H25NOS/c1-2-18(15-9-6-7-10-15)17(19)13-8-14-20-16-11-4-3-5-12-16/h3-5,11-12,15H,2,6-10,13-14H2,1H3. The van der Waals surface area contributed by atoms with E-state index in [4.69, 9.17) is 0 Å². The van der Waals surface area contributed by atoms with Crippen LogP contribution in [0.3, 0.4) is 0 Å². The summed E-state index contributed by atoms with van der Waals surface area (Å²) in [6, 6.07) is 10.9. The summed E-state index contributed by atoms with van der Waals surface area (Å²) in [5.41, 5.74) is 0. The third-order valence-electron chi connectivity index (χ3n) is 3.97. The van der Waals surface area contributed by atoms with Crippen LogP contribution >= 0.6 is 11.8 Å². The smallest absolute Gasteiger partial charge is 0.222 e. The Morgan fingerprint density at radius 2 is 1.95 bits per heavy atom. The van der Waals surface area contributed by atoms with Crippen molar-refractivity contribution >= 4 is 17.7 Å². The molecule has 0 N–H and O–H groups in total. The highest BCUT2D eigenvalue weighted by atomic mass is 32.2. The zero-order chi connectivity index (χ0) is 14.2. The third kappa shape index (κ3) is 4.55. The van der Waals surface area contributed by atoms with Gasteiger partial charge in [0.15, 0.2) is 0 Å². The number of benzene rings is 1. The average molecular weight is 291 g/mol. The van der Waals surface area contributed by atoms with Gasteiger partial charge in [-0.1, -0.05) is 31.0 Å². The van der Waals surface area contributed by atoms with Crippen molar-refractivity contribution in [3.63, 3.8) is 0 Å². The van der Waals surface area contributed by atoms with Gasteiger partial charge in [-0.15, -0.1) is 11.8 Å². The molecule has 0 atom stereocenters. The quantitative estimate of drug-likeness (QED) is 0.550. The van der Waals surface area contributed by atoms with E-state index in [1.807, 2.05) is 17.8 Å². The molecule has 1 aromatic carbocycles. The van der Waals surface area contributed by atoms with Crippen LogP contribution in [0.4, 0.5) is 0 Å². The lowest BCUT2D eigenvalue weighted by atomic mass is 10.2. The molecule has 1 aromatic rings. The lowest BCUT2D eigenvalue weighted by Gasteiger charge is -2.27. The minimum atomic E-state index is 0.355. The van der Waals surface area contributed by atoms with Crippen LogP contribution in [-0.4, -0.2) is 29.1 Å². The number of nitrogens with zero attached hydrogens (tertiary/aromatic N) is 1. The number of amides is 1. The van der Waals surface area contributed by atoms with Gasteiger partial charge < -0.3 is 4.90 Å². The molecular weight excluding hydrogens is 266 g/mol. The van der Waals surface area contributed by atoms with Crippen LogP contribution in [-0.2, 0) is 4.79 Å². The van der Waals surface area contributed by atoms with E-state index in [-0.39, 0.29) is 0 Å². The Balaban J connectivity index is 1.68. The van der Waals surface area contributed by atoms with E-state index < -0.39 is 0 Å². The topological polar surface area (TPSA) is 20.3 Å². The number of carbonyl (C=O) groups is 1. The Morgan fingerprint density at radius 1 is 1.25 bits per heavy atom. The maximum Gasteiger partial charge on any atom is 0.222 e. The van der Waals surface area contributed by atoms with Crippen LogP contribution in [0.25, 0.3) is 0 Å². The van der Waals surface area contributed by atoms with Gasteiger partial charge in [-0.25, -0.2) is 0 Å². The molecule has 2 nitrogen and oxygen atoms in total. The first-order chi connectivity index (χ1) is 9.81. The van der Waals surface area contributed by atoms with Crippen molar-refractivity contribution in [1.82, 2.24) is 4.90 Å². The molecular formula is C17H25NOS. The summed E-state index contributed by atoms with van der Waals surface area (Å²) in [5.74, 6) is 1.38. The molecule has 0 saturated heterocycles. The minimum absolute atomic E-state index is 0.355. The van der Waals surface area contributed by atoms with E-state index in [0.717, 1.165) is 18.7 Å². The second-order valence-corrected chi connectivity index (χ2v) is 6.55. The fourth-order valence-electron chi connectivity index (χ4n) is 2.93. The van der Waals surface area contributed by atoms with Crippen molar-refractivity contribution in [2.45, 2.75) is 56.4 Å². The van der Waals surface area contributed by atoms with E-state index in [1.165, 1.54) is 30.6 Å². The molecule has 1 amide bonds. The molecule has 0 aliphatic heterocycles. The zero-order valence-corrected chi connectivity index (χ0v) is 13.2. The number of carbonyl (C=O) groups excluding carboxylic acids is 1. The van der Waals surface area contributed by atoms with Crippen molar-refractivity contribution in [1.29, 1.82) is 0 Å². The lowest BCUT2D eigenvalue weighted by molar-refractivity contribution is -0.133. The SMILES string of the molecule is CCN(C(=O)CCCSc1ccccc1)C1CCCC1. The second-order valence-electron chi connectivity index (χ2n) is 5.38. The van der Waals surface area contributed by atoms with E-state index >= 15 is 0 Å². The van der Waals surface area contributed by atoms with Gasteiger partial charge in [-0.05, 0) is 44.1 Å². The molecule has 1 fully saturated rings. The van der Waals surface area contributed by atoms with E-state index in [9.17, 15) is 4.79 Å². The van der Waals surface area contributed by atoms with Crippen molar-refractivity contribution in [3.05, 3.63) is 30.3 Å². The molecule has 0 spiro atoms. The number of thioether (sulfide) groups is 1. The zero-order valence-electron chi connectivity index (χ0n) is 12.4. The van der Waals surface area contributed by atoms with Crippen LogP contribution < -0.4 is 0 Å². The Morgan fingerprint density at radius 3 is 2.60 bits per heavy atom. The van der Waals surface area contributed by atoms with E-state index in [0.29, 0.717) is 18.4 Å². The van der Waals surface area contributed by atoms with E-state index in [2.05, 4.69) is 36.1 Å². The van der Waals surface area contributed by atoms with Gasteiger partial charge in [-0.3, -0.25) is 4.79 Å². The van der Waals surface area contributed by atoms with Crippen LogP contribution in [0.1, 0.15) is 45.4 Å². The molecule has 110 valence electrons. The highest BCUT2D eigenvalue weighted by Crippen LogP contribution is 2.24. The van der Waals surface area contributed by atoms with Crippen molar-refractivity contribution in [2.24, 2.45) is 0 Å². The molecule has 20 heavy (non-hydrogen) atoms. The molecule has 1 saturated carbocycles. The first kappa shape index (κ1) is 15.4. The van der Waals surface area contributed by atoms with Gasteiger partial charge in [0.05, 0.1) is 0 Å². The number of rotatable bonds is 7. The summed E-state index contributed by atoms with van der Waals surface area (Å²) in [5, 5.41) is 0. The highest BCUT2D eigenvalue weighted by Gasteiger charge is 2.24. The maximum atomic E-state index is 12.3. The lowest BCUT2D eigenvalue weighted by Crippen LogP contribution is -2.38. The van der Waals surface area contributed by atoms with Crippen LogP contribution in [0.15, 0.2) is 35.2 Å². The summed E-state index contributed by atoms with van der Waals surface area (Å²) >= 11 is 1.84. The molecule has 2 rings (SSSR count). The van der Waals surface area contributed by atoms with Crippen molar-refractivity contribution < 1.29 is 4.79 Å². The highest BCUT2D eigenvalue weighted by molar-refractivity contribution is 7.99. The predicted octanol–water partition coefficient (Wildman–Crippen LogP) is 4.35. The summed E-state index contributed by atoms with van der Waals surface area (Å²) in [6.07, 6.45) is 6.67. The van der Waals surface area contributed by atoms with Crippen LogP contribution in [0, 0.1) is 0 Å². The fourth-order valence-corrected chi connectivity index (χ4v) is 3.80. The molecule has 0 aromatic heterocycles. The second kappa shape index (κ2) is 8.35. The Kier molecular flexibility index (Phi) is 6.44. The van der Waals surface area contributed by atoms with Crippen molar-refractivity contribution in [2.75, 3.05) is 12.3 Å². The third-order valence-corrected chi connectivity index (χ3v) is 5.07. The molecule has 3 heteroatoms. The monoisotopic (exact) mass is 291 g/mol. The molecule has 0 bridgehead atoms. The van der Waals surface area contributed by atoms with Crippen LogP contribution in [0.5, 0.6) is 0 Å². The van der Waals surface area contributed by atoms with E-state index in [1.54, 1.807) is 0 Å². The summed E-state index contributed by atoms with van der Waals surface area (Å²) < 4.78 is 0. The first-order valence-electron chi connectivity index (χ1n) is 7.78. The molecule has 0 unspecified atom stereocenters. The fraction of sp³-hybridized carbons (Fsp3) is 0.588. The van der Waals surface area contributed by atoms with Gasteiger partial charge >= 0.3 is 0 Å². The molecule has 0 radical (unpaired) electrons. The van der Waals surface area contributed by atoms with Crippen LogP contribution in [0.2, 0.25) is 0 Å². The Hall–Kier alpha value is -0.960. The van der Waals surface area contributed by atoms with Gasteiger partial charge in [0, 0.05) is 23.9 Å². The number of hydrogen-bond donors (Lipinski definition) is 0. The predicted molar refractivity (Wildman–Crippen MR) is 86.0 cm³/mol. The molecule has 1 aliphatic carbocycles.